The quantitative estimate of drug-likeness (QED) is 0.199. The standard InChI is InChI=1S/C34H25NO5S/c36-34(37)31-21-28(17-19-32(31)35-41(38,39)29-18-16-24-6-1-2-8-27(24)20-29)25-14-12-23(13-15-25)22-40-33-11-5-9-26-7-3-4-10-30(26)33/h1-21,35H,22H2,(H,36,37). The number of ether oxygens (including phenoxy) is 1. The normalized spacial score (nSPS) is 11.4. The van der Waals surface area contributed by atoms with Crippen molar-refractivity contribution in [3.05, 3.63) is 139 Å². The second-order valence-corrected chi connectivity index (χ2v) is 11.3. The Morgan fingerprint density at radius 2 is 1.37 bits per heavy atom. The second-order valence-electron chi connectivity index (χ2n) is 9.64. The van der Waals surface area contributed by atoms with E-state index in [4.69, 9.17) is 4.74 Å². The Hall–Kier alpha value is -5.14. The van der Waals surface area contributed by atoms with Crippen molar-refractivity contribution >= 4 is 43.2 Å². The maximum Gasteiger partial charge on any atom is 0.337 e. The number of hydrogen-bond acceptors (Lipinski definition) is 4. The zero-order chi connectivity index (χ0) is 28.4. The highest BCUT2D eigenvalue weighted by molar-refractivity contribution is 7.92. The number of anilines is 1. The number of nitrogens with one attached hydrogen (secondary N) is 1. The number of hydrogen-bond donors (Lipinski definition) is 2. The fourth-order valence-electron chi connectivity index (χ4n) is 4.80. The SMILES string of the molecule is O=C(O)c1cc(-c2ccc(COc3cccc4ccccc34)cc2)ccc1NS(=O)(=O)c1ccc2ccccc2c1. The van der Waals surface area contributed by atoms with Crippen LogP contribution in [0, 0.1) is 0 Å². The maximum absolute atomic E-state index is 13.1. The van der Waals surface area contributed by atoms with Crippen LogP contribution in [0.3, 0.4) is 0 Å². The average molecular weight is 560 g/mol. The van der Waals surface area contributed by atoms with E-state index >= 15 is 0 Å². The Labute approximate surface area is 237 Å². The number of carboxylic acids is 1. The van der Waals surface area contributed by atoms with E-state index in [2.05, 4.69) is 4.72 Å². The predicted octanol–water partition coefficient (Wildman–Crippen LogP) is 7.74. The zero-order valence-corrected chi connectivity index (χ0v) is 22.6. The summed E-state index contributed by atoms with van der Waals surface area (Å²) in [5, 5.41) is 13.7. The molecule has 0 saturated carbocycles. The summed E-state index contributed by atoms with van der Waals surface area (Å²) in [6, 6.07) is 38.5. The molecule has 0 aliphatic heterocycles. The minimum atomic E-state index is -4.01. The minimum absolute atomic E-state index is 0.00508. The summed E-state index contributed by atoms with van der Waals surface area (Å²) < 4.78 is 34.8. The van der Waals surface area contributed by atoms with Gasteiger partial charge in [-0.1, -0.05) is 97.1 Å². The van der Waals surface area contributed by atoms with Gasteiger partial charge in [-0.15, -0.1) is 0 Å². The molecule has 0 aliphatic carbocycles. The Balaban J connectivity index is 1.21. The largest absolute Gasteiger partial charge is 0.488 e. The molecule has 6 aromatic rings. The number of carboxylic acid groups (broad SMARTS) is 1. The van der Waals surface area contributed by atoms with Crippen molar-refractivity contribution in [1.29, 1.82) is 0 Å². The van der Waals surface area contributed by atoms with Gasteiger partial charge in [0.2, 0.25) is 0 Å². The van der Waals surface area contributed by atoms with Gasteiger partial charge in [-0.2, -0.15) is 0 Å². The van der Waals surface area contributed by atoms with E-state index in [-0.39, 0.29) is 16.1 Å². The molecular formula is C34H25NO5S. The van der Waals surface area contributed by atoms with E-state index in [0.717, 1.165) is 38.4 Å². The molecule has 202 valence electrons. The molecule has 0 radical (unpaired) electrons. The van der Waals surface area contributed by atoms with Crippen molar-refractivity contribution in [1.82, 2.24) is 0 Å². The van der Waals surface area contributed by atoms with Crippen LogP contribution >= 0.6 is 0 Å². The Morgan fingerprint density at radius 3 is 2.15 bits per heavy atom. The van der Waals surface area contributed by atoms with E-state index < -0.39 is 16.0 Å². The molecule has 0 amide bonds. The number of rotatable bonds is 8. The summed E-state index contributed by atoms with van der Waals surface area (Å²) in [4.78, 5) is 12.2. The van der Waals surface area contributed by atoms with Crippen molar-refractivity contribution in [3.8, 4) is 16.9 Å². The number of carbonyl (C=O) groups is 1. The monoisotopic (exact) mass is 559 g/mol. The third kappa shape index (κ3) is 5.48. The van der Waals surface area contributed by atoms with Crippen LogP contribution in [0.25, 0.3) is 32.7 Å². The van der Waals surface area contributed by atoms with E-state index in [1.807, 2.05) is 91.0 Å². The number of benzene rings is 6. The van der Waals surface area contributed by atoms with Gasteiger partial charge in [0.15, 0.2) is 0 Å². The molecule has 41 heavy (non-hydrogen) atoms. The van der Waals surface area contributed by atoms with Gasteiger partial charge in [-0.05, 0) is 63.2 Å². The highest BCUT2D eigenvalue weighted by atomic mass is 32.2. The van der Waals surface area contributed by atoms with Gasteiger partial charge >= 0.3 is 5.97 Å². The topological polar surface area (TPSA) is 92.7 Å². The summed E-state index contributed by atoms with van der Waals surface area (Å²) in [7, 11) is -4.01. The van der Waals surface area contributed by atoms with Gasteiger partial charge < -0.3 is 9.84 Å². The lowest BCUT2D eigenvalue weighted by atomic mass is 10.0. The van der Waals surface area contributed by atoms with Crippen LogP contribution in [0.5, 0.6) is 5.75 Å². The lowest BCUT2D eigenvalue weighted by Crippen LogP contribution is -2.15. The molecule has 0 unspecified atom stereocenters. The molecule has 7 heteroatoms. The Kier molecular flexibility index (Phi) is 6.87. The fourth-order valence-corrected chi connectivity index (χ4v) is 5.92. The van der Waals surface area contributed by atoms with Gasteiger partial charge in [0.25, 0.3) is 10.0 Å². The summed E-state index contributed by atoms with van der Waals surface area (Å²) in [6.07, 6.45) is 0. The third-order valence-corrected chi connectivity index (χ3v) is 8.32. The van der Waals surface area contributed by atoms with Gasteiger partial charge in [0.1, 0.15) is 12.4 Å². The number of sulfonamides is 1. The summed E-state index contributed by atoms with van der Waals surface area (Å²) in [5.74, 6) is -0.428. The lowest BCUT2D eigenvalue weighted by molar-refractivity contribution is 0.0698. The molecule has 6 nitrogen and oxygen atoms in total. The van der Waals surface area contributed by atoms with Crippen molar-refractivity contribution in [2.45, 2.75) is 11.5 Å². The molecule has 0 aliphatic rings. The van der Waals surface area contributed by atoms with E-state index in [0.29, 0.717) is 12.2 Å². The first-order chi connectivity index (χ1) is 19.9. The van der Waals surface area contributed by atoms with Gasteiger partial charge in [0.05, 0.1) is 16.1 Å². The van der Waals surface area contributed by atoms with Crippen LogP contribution in [0.4, 0.5) is 5.69 Å². The fraction of sp³-hybridized carbons (Fsp3) is 0.0294. The molecule has 0 aromatic heterocycles. The molecule has 0 saturated heterocycles. The molecule has 6 aromatic carbocycles. The van der Waals surface area contributed by atoms with Crippen LogP contribution in [-0.4, -0.2) is 19.5 Å². The van der Waals surface area contributed by atoms with Crippen LogP contribution < -0.4 is 9.46 Å². The summed E-state index contributed by atoms with van der Waals surface area (Å²) in [5.41, 5.74) is 2.26. The first-order valence-electron chi connectivity index (χ1n) is 13.0. The number of aromatic carboxylic acids is 1. The number of fused-ring (bicyclic) bond motifs is 2. The van der Waals surface area contributed by atoms with E-state index in [1.165, 1.54) is 18.2 Å². The van der Waals surface area contributed by atoms with Gasteiger partial charge in [0, 0.05) is 5.39 Å². The maximum atomic E-state index is 13.1. The molecule has 0 heterocycles. The Bertz CT molecular complexity index is 2010. The smallest absolute Gasteiger partial charge is 0.337 e. The molecule has 6 rings (SSSR count). The third-order valence-electron chi connectivity index (χ3n) is 6.96. The molecule has 0 atom stereocenters. The van der Waals surface area contributed by atoms with Crippen molar-refractivity contribution in [3.63, 3.8) is 0 Å². The highest BCUT2D eigenvalue weighted by Gasteiger charge is 2.20. The highest BCUT2D eigenvalue weighted by Crippen LogP contribution is 2.29. The van der Waals surface area contributed by atoms with Crippen LogP contribution in [-0.2, 0) is 16.6 Å². The van der Waals surface area contributed by atoms with Gasteiger partial charge in [-0.25, -0.2) is 13.2 Å². The molecule has 0 bridgehead atoms. The minimum Gasteiger partial charge on any atom is -0.488 e. The lowest BCUT2D eigenvalue weighted by Gasteiger charge is -2.13. The molecule has 2 N–H and O–H groups in total. The second kappa shape index (κ2) is 10.8. The first kappa shape index (κ1) is 26.1. The predicted molar refractivity (Wildman–Crippen MR) is 162 cm³/mol. The molecule has 0 spiro atoms. The summed E-state index contributed by atoms with van der Waals surface area (Å²) >= 11 is 0. The van der Waals surface area contributed by atoms with Crippen LogP contribution in [0.15, 0.2) is 132 Å². The Morgan fingerprint density at radius 1 is 0.683 bits per heavy atom. The van der Waals surface area contributed by atoms with E-state index in [1.54, 1.807) is 18.2 Å². The van der Waals surface area contributed by atoms with Crippen molar-refractivity contribution < 1.29 is 23.1 Å². The van der Waals surface area contributed by atoms with Crippen molar-refractivity contribution in [2.75, 3.05) is 4.72 Å². The zero-order valence-electron chi connectivity index (χ0n) is 21.8. The summed E-state index contributed by atoms with van der Waals surface area (Å²) in [6.45, 7) is 0.379. The molecule has 0 fully saturated rings. The van der Waals surface area contributed by atoms with Crippen molar-refractivity contribution in [2.24, 2.45) is 0 Å². The molecular weight excluding hydrogens is 534 g/mol. The van der Waals surface area contributed by atoms with E-state index in [9.17, 15) is 18.3 Å². The van der Waals surface area contributed by atoms with Crippen LogP contribution in [0.1, 0.15) is 15.9 Å². The van der Waals surface area contributed by atoms with Gasteiger partial charge in [-0.3, -0.25) is 4.72 Å². The van der Waals surface area contributed by atoms with Crippen LogP contribution in [0.2, 0.25) is 0 Å². The first-order valence-corrected chi connectivity index (χ1v) is 14.4. The average Bonchev–Trinajstić information content (AvgIpc) is 3.00.